The summed E-state index contributed by atoms with van der Waals surface area (Å²) in [7, 11) is 0. The molecule has 10 heteroatoms. The van der Waals surface area contributed by atoms with Crippen molar-refractivity contribution in [2.24, 2.45) is 0 Å². The number of hydrogen-bond acceptors (Lipinski definition) is 8. The molecular formula is C13H9ClN6S3. The highest BCUT2D eigenvalue weighted by atomic mass is 35.5. The fourth-order valence-electron chi connectivity index (χ4n) is 1.95. The highest BCUT2D eigenvalue weighted by molar-refractivity contribution is 8.00. The van der Waals surface area contributed by atoms with Crippen LogP contribution < -0.4 is 0 Å². The Morgan fingerprint density at radius 1 is 1.17 bits per heavy atom. The van der Waals surface area contributed by atoms with Gasteiger partial charge in [0.25, 0.3) is 0 Å². The Bertz CT molecular complexity index is 975. The van der Waals surface area contributed by atoms with E-state index in [4.69, 9.17) is 11.6 Å². The van der Waals surface area contributed by atoms with Gasteiger partial charge in [0.05, 0.1) is 5.75 Å². The maximum atomic E-state index is 6.05. The minimum Gasteiger partial charge on any atom is -0.186 e. The molecule has 116 valence electrons. The summed E-state index contributed by atoms with van der Waals surface area (Å²) in [4.78, 5) is 0.768. The van der Waals surface area contributed by atoms with Crippen LogP contribution in [-0.4, -0.2) is 30.0 Å². The van der Waals surface area contributed by atoms with E-state index in [0.717, 1.165) is 30.7 Å². The van der Waals surface area contributed by atoms with Gasteiger partial charge in [-0.3, -0.25) is 0 Å². The van der Waals surface area contributed by atoms with E-state index >= 15 is 0 Å². The third kappa shape index (κ3) is 3.09. The zero-order valence-electron chi connectivity index (χ0n) is 11.8. The van der Waals surface area contributed by atoms with Gasteiger partial charge in [0.2, 0.25) is 4.96 Å². The fourth-order valence-corrected chi connectivity index (χ4v) is 4.71. The summed E-state index contributed by atoms with van der Waals surface area (Å²) < 4.78 is 2.70. The van der Waals surface area contributed by atoms with Gasteiger partial charge in [-0.05, 0) is 19.1 Å². The van der Waals surface area contributed by atoms with Crippen molar-refractivity contribution in [1.82, 2.24) is 30.0 Å². The molecule has 0 fully saturated rings. The molecule has 6 nitrogen and oxygen atoms in total. The largest absolute Gasteiger partial charge is 0.235 e. The summed E-state index contributed by atoms with van der Waals surface area (Å²) >= 11 is 10.7. The normalized spacial score (nSPS) is 11.4. The average Bonchev–Trinajstić information content (AvgIpc) is 3.21. The number of rotatable bonds is 4. The lowest BCUT2D eigenvalue weighted by Crippen LogP contribution is -1.94. The predicted octanol–water partition coefficient (Wildman–Crippen LogP) is 3.96. The molecule has 0 saturated heterocycles. The third-order valence-corrected chi connectivity index (χ3v) is 6.11. The first-order valence-corrected chi connectivity index (χ1v) is 9.59. The molecular weight excluding hydrogens is 372 g/mol. The minimum atomic E-state index is 0.647. The number of fused-ring (bicyclic) bond motifs is 1. The summed E-state index contributed by atoms with van der Waals surface area (Å²) in [6.07, 6.45) is 0. The highest BCUT2D eigenvalue weighted by Gasteiger charge is 2.14. The van der Waals surface area contributed by atoms with Crippen LogP contribution in [-0.2, 0) is 5.75 Å². The first-order valence-electron chi connectivity index (χ1n) is 6.59. The molecule has 0 bridgehead atoms. The summed E-state index contributed by atoms with van der Waals surface area (Å²) in [6.45, 7) is 1.94. The Morgan fingerprint density at radius 2 is 2.09 bits per heavy atom. The molecule has 0 saturated carbocycles. The first-order chi connectivity index (χ1) is 11.2. The van der Waals surface area contributed by atoms with Crippen molar-refractivity contribution in [3.8, 4) is 10.6 Å². The zero-order valence-corrected chi connectivity index (χ0v) is 15.0. The molecule has 0 radical (unpaired) electrons. The Labute approximate surface area is 148 Å². The first kappa shape index (κ1) is 15.0. The van der Waals surface area contributed by atoms with Crippen LogP contribution in [0.2, 0.25) is 5.02 Å². The maximum Gasteiger partial charge on any atom is 0.235 e. The molecule has 0 unspecified atom stereocenters. The number of thioether (sulfide) groups is 1. The molecule has 0 N–H and O–H groups in total. The minimum absolute atomic E-state index is 0.647. The lowest BCUT2D eigenvalue weighted by atomic mass is 10.2. The SMILES string of the molecule is Cc1nnc(SCc2nnc3sc(-c4cccc(Cl)c4)nn23)s1. The van der Waals surface area contributed by atoms with Crippen LogP contribution in [0.15, 0.2) is 28.6 Å². The molecule has 3 heterocycles. The van der Waals surface area contributed by atoms with Crippen molar-refractivity contribution in [2.45, 2.75) is 17.0 Å². The van der Waals surface area contributed by atoms with E-state index in [1.807, 2.05) is 31.2 Å². The van der Waals surface area contributed by atoms with Crippen LogP contribution >= 0.6 is 46.0 Å². The van der Waals surface area contributed by atoms with Gasteiger partial charge in [-0.2, -0.15) is 9.61 Å². The molecule has 23 heavy (non-hydrogen) atoms. The van der Waals surface area contributed by atoms with E-state index in [9.17, 15) is 0 Å². The highest BCUT2D eigenvalue weighted by Crippen LogP contribution is 2.29. The lowest BCUT2D eigenvalue weighted by molar-refractivity contribution is 0.886. The Balaban J connectivity index is 1.61. The molecule has 0 aliphatic heterocycles. The number of aromatic nitrogens is 6. The van der Waals surface area contributed by atoms with Crippen molar-refractivity contribution < 1.29 is 0 Å². The Kier molecular flexibility index (Phi) is 4.02. The zero-order chi connectivity index (χ0) is 15.8. The standard InChI is InChI=1S/C13H9ClN6S3/c1-7-15-18-13(22-7)21-6-10-16-17-12-20(10)19-11(23-12)8-3-2-4-9(14)5-8/h2-5H,6H2,1H3. The Morgan fingerprint density at radius 3 is 2.87 bits per heavy atom. The Hall–Kier alpha value is -1.55. The number of aryl methyl sites for hydroxylation is 1. The molecule has 0 spiro atoms. The second-order valence-electron chi connectivity index (χ2n) is 4.60. The third-order valence-electron chi connectivity index (χ3n) is 2.96. The summed E-state index contributed by atoms with van der Waals surface area (Å²) in [6, 6.07) is 7.63. The number of halogens is 1. The van der Waals surface area contributed by atoms with Crippen LogP contribution in [0.5, 0.6) is 0 Å². The van der Waals surface area contributed by atoms with Gasteiger partial charge < -0.3 is 0 Å². The average molecular weight is 381 g/mol. The molecule has 0 amide bonds. The molecule has 0 aliphatic rings. The number of nitrogens with zero attached hydrogens (tertiary/aromatic N) is 6. The van der Waals surface area contributed by atoms with Gasteiger partial charge >= 0.3 is 0 Å². The van der Waals surface area contributed by atoms with Gasteiger partial charge in [-0.1, -0.05) is 58.2 Å². The van der Waals surface area contributed by atoms with E-state index in [2.05, 4.69) is 25.5 Å². The van der Waals surface area contributed by atoms with Gasteiger partial charge in [-0.15, -0.1) is 20.4 Å². The second-order valence-corrected chi connectivity index (χ2v) is 8.40. The van der Waals surface area contributed by atoms with Crippen molar-refractivity contribution in [3.63, 3.8) is 0 Å². The summed E-state index contributed by atoms with van der Waals surface area (Å²) in [5.41, 5.74) is 0.978. The maximum absolute atomic E-state index is 6.05. The van der Waals surface area contributed by atoms with Gasteiger partial charge in [0.1, 0.15) is 10.0 Å². The monoisotopic (exact) mass is 380 g/mol. The van der Waals surface area contributed by atoms with E-state index < -0.39 is 0 Å². The molecule has 3 aromatic heterocycles. The van der Waals surface area contributed by atoms with Crippen LogP contribution in [0.1, 0.15) is 10.8 Å². The summed E-state index contributed by atoms with van der Waals surface area (Å²) in [5, 5.41) is 23.6. The quantitative estimate of drug-likeness (QED) is 0.499. The number of hydrogen-bond donors (Lipinski definition) is 0. The van der Waals surface area contributed by atoms with Gasteiger partial charge in [0.15, 0.2) is 10.2 Å². The molecule has 0 atom stereocenters. The predicted molar refractivity (Wildman–Crippen MR) is 93.3 cm³/mol. The van der Waals surface area contributed by atoms with Gasteiger partial charge in [-0.25, -0.2) is 0 Å². The van der Waals surface area contributed by atoms with Crippen molar-refractivity contribution in [3.05, 3.63) is 40.1 Å². The fraction of sp³-hybridized carbons (Fsp3) is 0.154. The molecule has 4 rings (SSSR count). The molecule has 0 aliphatic carbocycles. The number of benzene rings is 1. The van der Waals surface area contributed by atoms with Crippen molar-refractivity contribution >= 4 is 51.0 Å². The van der Waals surface area contributed by atoms with Crippen LogP contribution in [0.4, 0.5) is 0 Å². The molecule has 4 aromatic rings. The van der Waals surface area contributed by atoms with Crippen molar-refractivity contribution in [2.75, 3.05) is 0 Å². The topological polar surface area (TPSA) is 68.9 Å². The lowest BCUT2D eigenvalue weighted by Gasteiger charge is -1.96. The summed E-state index contributed by atoms with van der Waals surface area (Å²) in [5.74, 6) is 1.44. The smallest absolute Gasteiger partial charge is 0.186 e. The van der Waals surface area contributed by atoms with Crippen LogP contribution in [0.3, 0.4) is 0 Å². The van der Waals surface area contributed by atoms with Crippen LogP contribution in [0, 0.1) is 6.92 Å². The van der Waals surface area contributed by atoms with E-state index in [-0.39, 0.29) is 0 Å². The molecule has 1 aromatic carbocycles. The van der Waals surface area contributed by atoms with E-state index in [0.29, 0.717) is 10.8 Å². The van der Waals surface area contributed by atoms with Gasteiger partial charge in [0, 0.05) is 10.6 Å². The van der Waals surface area contributed by atoms with Crippen LogP contribution in [0.25, 0.3) is 15.5 Å². The second kappa shape index (κ2) is 6.16. The van der Waals surface area contributed by atoms with E-state index in [1.165, 1.54) is 11.3 Å². The van der Waals surface area contributed by atoms with E-state index in [1.54, 1.807) is 27.6 Å². The van der Waals surface area contributed by atoms with Crippen molar-refractivity contribution in [1.29, 1.82) is 0 Å².